The number of hydrogen-bond donors (Lipinski definition) is 2. The van der Waals surface area contributed by atoms with Crippen LogP contribution in [0.1, 0.15) is 28.3 Å². The van der Waals surface area contributed by atoms with E-state index in [2.05, 4.69) is 31.4 Å². The van der Waals surface area contributed by atoms with E-state index in [0.29, 0.717) is 33.4 Å². The third-order valence-electron chi connectivity index (χ3n) is 5.41. The zero-order valence-electron chi connectivity index (χ0n) is 19.1. The minimum Gasteiger partial charge on any atom is -0.361 e. The molecule has 35 heavy (non-hydrogen) atoms. The summed E-state index contributed by atoms with van der Waals surface area (Å²) in [5, 5.41) is 18.2. The van der Waals surface area contributed by atoms with Gasteiger partial charge in [-0.1, -0.05) is 16.8 Å². The van der Waals surface area contributed by atoms with Crippen LogP contribution in [0, 0.1) is 20.8 Å². The Morgan fingerprint density at radius 3 is 2.63 bits per heavy atom. The Labute approximate surface area is 203 Å². The Hall–Kier alpha value is -4.26. The van der Waals surface area contributed by atoms with Gasteiger partial charge in [-0.15, -0.1) is 5.10 Å². The van der Waals surface area contributed by atoms with E-state index in [1.54, 1.807) is 39.0 Å². The molecule has 0 aliphatic rings. The normalized spacial score (nSPS) is 11.0. The van der Waals surface area contributed by atoms with Crippen LogP contribution in [0.15, 0.2) is 44.7 Å². The molecular formula is C21H22ClN9O4. The molecule has 14 heteroatoms. The van der Waals surface area contributed by atoms with Crippen LogP contribution < -0.4 is 22.0 Å². The summed E-state index contributed by atoms with van der Waals surface area (Å²) in [6.07, 6.45) is 1.43. The van der Waals surface area contributed by atoms with Crippen LogP contribution in [-0.4, -0.2) is 40.5 Å². The molecule has 4 rings (SSSR count). The van der Waals surface area contributed by atoms with Crippen molar-refractivity contribution in [3.8, 4) is 5.69 Å². The first kappa shape index (κ1) is 23.9. The molecule has 1 aromatic carbocycles. The molecule has 3 aromatic heterocycles. The Morgan fingerprint density at radius 1 is 1.14 bits per heavy atom. The third kappa shape index (κ3) is 5.14. The molecule has 0 fully saturated rings. The Morgan fingerprint density at radius 2 is 1.94 bits per heavy atom. The maximum Gasteiger partial charge on any atom is 0.350 e. The second-order valence-corrected chi connectivity index (χ2v) is 8.21. The van der Waals surface area contributed by atoms with Gasteiger partial charge in [0.05, 0.1) is 17.9 Å². The Bertz CT molecular complexity index is 1470. The lowest BCUT2D eigenvalue weighted by Crippen LogP contribution is -2.46. The van der Waals surface area contributed by atoms with Gasteiger partial charge in [0.2, 0.25) is 5.91 Å². The molecule has 4 aromatic rings. The third-order valence-corrected chi connectivity index (χ3v) is 5.65. The molecule has 1 amide bonds. The molecule has 0 aliphatic heterocycles. The van der Waals surface area contributed by atoms with E-state index in [0.717, 1.165) is 10.2 Å². The molecule has 0 bridgehead atoms. The molecule has 0 atom stereocenters. The predicted molar refractivity (Wildman–Crippen MR) is 125 cm³/mol. The van der Waals surface area contributed by atoms with Crippen LogP contribution in [0.2, 0.25) is 5.02 Å². The van der Waals surface area contributed by atoms with Crippen molar-refractivity contribution in [2.45, 2.75) is 40.4 Å². The lowest BCUT2D eigenvalue weighted by molar-refractivity contribution is -0.121. The molecule has 0 saturated heterocycles. The molecule has 3 heterocycles. The van der Waals surface area contributed by atoms with E-state index in [9.17, 15) is 14.4 Å². The van der Waals surface area contributed by atoms with Crippen molar-refractivity contribution >= 4 is 17.5 Å². The maximum atomic E-state index is 13.0. The number of tetrazole rings is 1. The minimum atomic E-state index is -0.672. The predicted octanol–water partition coefficient (Wildman–Crippen LogP) is 0.612. The number of aryl methyl sites for hydroxylation is 3. The van der Waals surface area contributed by atoms with Gasteiger partial charge in [-0.25, -0.2) is 9.48 Å². The molecule has 13 nitrogen and oxygen atoms in total. The first-order valence-corrected chi connectivity index (χ1v) is 10.9. The van der Waals surface area contributed by atoms with Crippen LogP contribution >= 0.6 is 11.6 Å². The summed E-state index contributed by atoms with van der Waals surface area (Å²) >= 11 is 6.12. The highest BCUT2D eigenvalue weighted by atomic mass is 35.5. The largest absolute Gasteiger partial charge is 0.361 e. The molecule has 2 N–H and O–H groups in total. The summed E-state index contributed by atoms with van der Waals surface area (Å²) in [5.41, 5.74) is 4.64. The van der Waals surface area contributed by atoms with Crippen molar-refractivity contribution in [2.24, 2.45) is 0 Å². The van der Waals surface area contributed by atoms with E-state index in [1.807, 2.05) is 0 Å². The minimum absolute atomic E-state index is 0.117. The fourth-order valence-electron chi connectivity index (χ4n) is 3.52. The monoisotopic (exact) mass is 499 g/mol. The first-order chi connectivity index (χ1) is 16.7. The van der Waals surface area contributed by atoms with Gasteiger partial charge in [0.15, 0.2) is 0 Å². The number of carbonyl (C=O) groups is 1. The van der Waals surface area contributed by atoms with E-state index in [1.165, 1.54) is 21.6 Å². The molecule has 0 spiro atoms. The topological polar surface area (TPSA) is 155 Å². The fraction of sp³-hybridized carbons (Fsp3) is 0.286. The summed E-state index contributed by atoms with van der Waals surface area (Å²) in [6, 6.07) is 6.39. The smallest absolute Gasteiger partial charge is 0.350 e. The SMILES string of the molecule is Cc1noc(C)c1CNn1c(=O)cc(C)n(CC(=O)NCc2cc(Cl)ccc2-n2cnnn2)c1=O. The van der Waals surface area contributed by atoms with Crippen LogP contribution in [0.25, 0.3) is 5.69 Å². The van der Waals surface area contributed by atoms with Crippen molar-refractivity contribution < 1.29 is 9.32 Å². The number of aromatic nitrogens is 7. The van der Waals surface area contributed by atoms with Crippen molar-refractivity contribution in [1.29, 1.82) is 0 Å². The number of benzene rings is 1. The van der Waals surface area contributed by atoms with E-state index in [-0.39, 0.29) is 19.6 Å². The highest BCUT2D eigenvalue weighted by Gasteiger charge is 2.15. The van der Waals surface area contributed by atoms with Crippen LogP contribution in [0.4, 0.5) is 0 Å². The summed E-state index contributed by atoms with van der Waals surface area (Å²) in [5.74, 6) is 0.144. The average molecular weight is 500 g/mol. The molecule has 182 valence electrons. The van der Waals surface area contributed by atoms with Crippen LogP contribution in [0.5, 0.6) is 0 Å². The number of hydrogen-bond acceptors (Lipinski definition) is 9. The van der Waals surface area contributed by atoms with Gasteiger partial charge in [0, 0.05) is 28.9 Å². The van der Waals surface area contributed by atoms with Crippen molar-refractivity contribution in [3.05, 3.63) is 84.7 Å². The second-order valence-electron chi connectivity index (χ2n) is 7.77. The summed E-state index contributed by atoms with van der Waals surface area (Å²) in [7, 11) is 0. The first-order valence-electron chi connectivity index (χ1n) is 10.5. The van der Waals surface area contributed by atoms with Gasteiger partial charge in [-0.3, -0.25) is 14.2 Å². The molecule has 0 aliphatic carbocycles. The summed E-state index contributed by atoms with van der Waals surface area (Å²) in [4.78, 5) is 38.2. The van der Waals surface area contributed by atoms with Gasteiger partial charge in [-0.2, -0.15) is 4.68 Å². The van der Waals surface area contributed by atoms with Crippen LogP contribution in [-0.2, 0) is 24.4 Å². The summed E-state index contributed by atoms with van der Waals surface area (Å²) < 4.78 is 8.63. The van der Waals surface area contributed by atoms with Crippen molar-refractivity contribution in [1.82, 2.24) is 39.9 Å². The number of carbonyl (C=O) groups excluding carboxylic acids is 1. The van der Waals surface area contributed by atoms with E-state index >= 15 is 0 Å². The summed E-state index contributed by atoms with van der Waals surface area (Å²) in [6.45, 7) is 5.06. The second kappa shape index (κ2) is 9.93. The van der Waals surface area contributed by atoms with E-state index in [4.69, 9.17) is 16.1 Å². The quantitative estimate of drug-likeness (QED) is 0.354. The molecular weight excluding hydrogens is 478 g/mol. The standard InChI is InChI=1S/C21H22ClN9O4/c1-12-6-20(33)31(25-9-17-13(2)26-35-14(17)3)21(34)29(12)10-19(32)23-8-15-7-16(22)4-5-18(15)30-11-24-27-28-30/h4-7,11,25H,8-10H2,1-3H3,(H,23,32). The number of nitrogens with one attached hydrogen (secondary N) is 2. The zero-order valence-corrected chi connectivity index (χ0v) is 19.9. The van der Waals surface area contributed by atoms with Gasteiger partial charge < -0.3 is 15.3 Å². The molecule has 0 radical (unpaired) electrons. The highest BCUT2D eigenvalue weighted by molar-refractivity contribution is 6.30. The fourth-order valence-corrected chi connectivity index (χ4v) is 3.72. The maximum absolute atomic E-state index is 13.0. The van der Waals surface area contributed by atoms with Gasteiger partial charge in [-0.05, 0) is 55.0 Å². The Kier molecular flexibility index (Phi) is 6.78. The number of halogens is 1. The lowest BCUT2D eigenvalue weighted by Gasteiger charge is -2.15. The zero-order chi connectivity index (χ0) is 25.1. The van der Waals surface area contributed by atoms with Gasteiger partial charge >= 0.3 is 5.69 Å². The molecule has 0 unspecified atom stereocenters. The number of nitrogens with zero attached hydrogens (tertiary/aromatic N) is 7. The van der Waals surface area contributed by atoms with Crippen molar-refractivity contribution in [2.75, 3.05) is 5.43 Å². The van der Waals surface area contributed by atoms with Crippen LogP contribution in [0.3, 0.4) is 0 Å². The highest BCUT2D eigenvalue weighted by Crippen LogP contribution is 2.19. The average Bonchev–Trinajstić information content (AvgIpc) is 3.46. The Balaban J connectivity index is 1.50. The lowest BCUT2D eigenvalue weighted by atomic mass is 10.1. The number of amides is 1. The van der Waals surface area contributed by atoms with E-state index < -0.39 is 17.2 Å². The van der Waals surface area contributed by atoms with Crippen molar-refractivity contribution in [3.63, 3.8) is 0 Å². The number of rotatable bonds is 8. The molecule has 0 saturated carbocycles. The van der Waals surface area contributed by atoms with Gasteiger partial charge in [0.25, 0.3) is 5.56 Å². The van der Waals surface area contributed by atoms with Gasteiger partial charge in [0.1, 0.15) is 18.6 Å².